The van der Waals surface area contributed by atoms with Crippen molar-refractivity contribution in [3.8, 4) is 0 Å². The van der Waals surface area contributed by atoms with E-state index in [0.29, 0.717) is 19.6 Å². The molecule has 1 aliphatic heterocycles. The highest BCUT2D eigenvalue weighted by Gasteiger charge is 2.50. The zero-order chi connectivity index (χ0) is 11.6. The van der Waals surface area contributed by atoms with Crippen LogP contribution in [-0.4, -0.2) is 31.1 Å². The maximum Gasteiger partial charge on any atom is 0.172 e. The maximum atomic E-state index is 11.6. The Morgan fingerprint density at radius 3 is 2.69 bits per heavy atom. The second-order valence-electron chi connectivity index (χ2n) is 4.63. The number of carbonyl (C=O) groups is 2. The Balaban J connectivity index is 2.22. The SMILES string of the molecule is CC(=O)[C@H]1CCCC2(OCCO2)[C@H]1CC=O. The second kappa shape index (κ2) is 4.63. The Morgan fingerprint density at radius 2 is 2.12 bits per heavy atom. The van der Waals surface area contributed by atoms with E-state index in [1.54, 1.807) is 6.92 Å². The molecule has 0 aromatic rings. The summed E-state index contributed by atoms with van der Waals surface area (Å²) in [5.41, 5.74) is 0. The van der Waals surface area contributed by atoms with E-state index in [0.717, 1.165) is 25.5 Å². The molecule has 1 aliphatic carbocycles. The number of Topliss-reactive ketones (excluding diaryl/α,β-unsaturated/α-hetero) is 1. The molecule has 2 fully saturated rings. The van der Waals surface area contributed by atoms with E-state index < -0.39 is 5.79 Å². The first kappa shape index (κ1) is 11.7. The molecule has 0 unspecified atom stereocenters. The van der Waals surface area contributed by atoms with Gasteiger partial charge in [0.2, 0.25) is 0 Å². The first-order valence-corrected chi connectivity index (χ1v) is 5.91. The molecule has 2 atom stereocenters. The van der Waals surface area contributed by atoms with Gasteiger partial charge < -0.3 is 14.3 Å². The quantitative estimate of drug-likeness (QED) is 0.681. The van der Waals surface area contributed by atoms with Gasteiger partial charge in [0.15, 0.2) is 5.79 Å². The van der Waals surface area contributed by atoms with Crippen LogP contribution in [0.5, 0.6) is 0 Å². The number of carbonyl (C=O) groups excluding carboxylic acids is 2. The third-order valence-corrected chi connectivity index (χ3v) is 3.74. The van der Waals surface area contributed by atoms with Crippen molar-refractivity contribution in [2.24, 2.45) is 11.8 Å². The largest absolute Gasteiger partial charge is 0.347 e. The van der Waals surface area contributed by atoms with Gasteiger partial charge in [-0.2, -0.15) is 0 Å². The van der Waals surface area contributed by atoms with Crippen molar-refractivity contribution in [3.63, 3.8) is 0 Å². The van der Waals surface area contributed by atoms with E-state index in [4.69, 9.17) is 9.47 Å². The summed E-state index contributed by atoms with van der Waals surface area (Å²) in [5, 5.41) is 0. The molecule has 1 saturated carbocycles. The zero-order valence-corrected chi connectivity index (χ0v) is 9.61. The van der Waals surface area contributed by atoms with Gasteiger partial charge in [0.1, 0.15) is 12.1 Å². The van der Waals surface area contributed by atoms with Crippen molar-refractivity contribution < 1.29 is 19.1 Å². The van der Waals surface area contributed by atoms with Crippen LogP contribution in [0, 0.1) is 11.8 Å². The van der Waals surface area contributed by atoms with Crippen LogP contribution >= 0.6 is 0 Å². The lowest BCUT2D eigenvalue weighted by Gasteiger charge is -2.42. The van der Waals surface area contributed by atoms with E-state index in [9.17, 15) is 9.59 Å². The summed E-state index contributed by atoms with van der Waals surface area (Å²) in [6.07, 6.45) is 3.81. The minimum absolute atomic E-state index is 0.0861. The van der Waals surface area contributed by atoms with Crippen molar-refractivity contribution >= 4 is 12.1 Å². The lowest BCUT2D eigenvalue weighted by Crippen LogP contribution is -2.48. The molecule has 0 aromatic heterocycles. The average molecular weight is 226 g/mol. The molecule has 0 bridgehead atoms. The topological polar surface area (TPSA) is 52.6 Å². The van der Waals surface area contributed by atoms with Crippen LogP contribution in [0.25, 0.3) is 0 Å². The Hall–Kier alpha value is -0.740. The standard InChI is InChI=1S/C12H18O4/c1-9(14)10-3-2-5-12(11(10)4-6-13)15-7-8-16-12/h6,10-11H,2-5,7-8H2,1H3/t10-,11+/m1/s1. The van der Waals surface area contributed by atoms with Crippen LogP contribution in [0.3, 0.4) is 0 Å². The molecule has 0 radical (unpaired) electrons. The van der Waals surface area contributed by atoms with Crippen LogP contribution in [0.2, 0.25) is 0 Å². The van der Waals surface area contributed by atoms with Crippen molar-refractivity contribution in [1.29, 1.82) is 0 Å². The number of rotatable bonds is 3. The van der Waals surface area contributed by atoms with E-state index in [-0.39, 0.29) is 17.6 Å². The molecule has 1 heterocycles. The number of ether oxygens (including phenoxy) is 2. The number of hydrogen-bond donors (Lipinski definition) is 0. The van der Waals surface area contributed by atoms with Gasteiger partial charge in [0.25, 0.3) is 0 Å². The third kappa shape index (κ3) is 1.92. The molecular weight excluding hydrogens is 208 g/mol. The summed E-state index contributed by atoms with van der Waals surface area (Å²) in [6.45, 7) is 2.73. The van der Waals surface area contributed by atoms with Crippen molar-refractivity contribution in [2.45, 2.75) is 38.4 Å². The number of ketones is 1. The van der Waals surface area contributed by atoms with Crippen molar-refractivity contribution in [2.75, 3.05) is 13.2 Å². The summed E-state index contributed by atoms with van der Waals surface area (Å²) in [4.78, 5) is 22.4. The second-order valence-corrected chi connectivity index (χ2v) is 4.63. The molecular formula is C12H18O4. The van der Waals surface area contributed by atoms with E-state index in [1.165, 1.54) is 0 Å². The van der Waals surface area contributed by atoms with Crippen LogP contribution < -0.4 is 0 Å². The summed E-state index contributed by atoms with van der Waals surface area (Å²) in [7, 11) is 0. The third-order valence-electron chi connectivity index (χ3n) is 3.74. The fourth-order valence-corrected chi connectivity index (χ4v) is 3.02. The summed E-state index contributed by atoms with van der Waals surface area (Å²) < 4.78 is 11.4. The first-order chi connectivity index (χ1) is 7.69. The van der Waals surface area contributed by atoms with Gasteiger partial charge >= 0.3 is 0 Å². The Bertz CT molecular complexity index is 281. The molecule has 1 saturated heterocycles. The van der Waals surface area contributed by atoms with E-state index in [1.807, 2.05) is 0 Å². The number of aldehydes is 1. The fourth-order valence-electron chi connectivity index (χ4n) is 3.02. The Labute approximate surface area is 95.3 Å². The molecule has 4 nitrogen and oxygen atoms in total. The predicted octanol–water partition coefficient (Wildman–Crippen LogP) is 1.32. The van der Waals surface area contributed by atoms with E-state index in [2.05, 4.69) is 0 Å². The van der Waals surface area contributed by atoms with Crippen molar-refractivity contribution in [3.05, 3.63) is 0 Å². The average Bonchev–Trinajstić information content (AvgIpc) is 2.70. The normalized spacial score (nSPS) is 32.8. The molecule has 4 heteroatoms. The Morgan fingerprint density at radius 1 is 1.44 bits per heavy atom. The number of hydrogen-bond acceptors (Lipinski definition) is 4. The molecule has 16 heavy (non-hydrogen) atoms. The Kier molecular flexibility index (Phi) is 3.40. The summed E-state index contributed by atoms with van der Waals surface area (Å²) in [6, 6.07) is 0. The summed E-state index contributed by atoms with van der Waals surface area (Å²) >= 11 is 0. The van der Waals surface area contributed by atoms with Crippen LogP contribution in [0.15, 0.2) is 0 Å². The van der Waals surface area contributed by atoms with Crippen LogP contribution in [0.4, 0.5) is 0 Å². The van der Waals surface area contributed by atoms with Gasteiger partial charge in [0.05, 0.1) is 13.2 Å². The van der Waals surface area contributed by atoms with Crippen molar-refractivity contribution in [1.82, 2.24) is 0 Å². The lowest BCUT2D eigenvalue weighted by molar-refractivity contribution is -0.224. The van der Waals surface area contributed by atoms with Gasteiger partial charge in [-0.1, -0.05) is 0 Å². The molecule has 0 N–H and O–H groups in total. The van der Waals surface area contributed by atoms with E-state index >= 15 is 0 Å². The molecule has 0 amide bonds. The van der Waals surface area contributed by atoms with Crippen LogP contribution in [-0.2, 0) is 19.1 Å². The highest BCUT2D eigenvalue weighted by atomic mass is 16.7. The molecule has 90 valence electrons. The predicted molar refractivity (Wildman–Crippen MR) is 56.8 cm³/mol. The van der Waals surface area contributed by atoms with Gasteiger partial charge in [-0.05, 0) is 19.8 Å². The van der Waals surface area contributed by atoms with Gasteiger partial charge in [-0.3, -0.25) is 4.79 Å². The zero-order valence-electron chi connectivity index (χ0n) is 9.61. The summed E-state index contributed by atoms with van der Waals surface area (Å²) in [5.74, 6) is -0.698. The minimum Gasteiger partial charge on any atom is -0.347 e. The maximum absolute atomic E-state index is 11.6. The molecule has 2 aliphatic rings. The smallest absolute Gasteiger partial charge is 0.172 e. The monoisotopic (exact) mass is 226 g/mol. The first-order valence-electron chi connectivity index (χ1n) is 5.91. The van der Waals surface area contributed by atoms with Gasteiger partial charge in [0, 0.05) is 24.7 Å². The fraction of sp³-hybridized carbons (Fsp3) is 0.833. The van der Waals surface area contributed by atoms with Gasteiger partial charge in [-0.15, -0.1) is 0 Å². The lowest BCUT2D eigenvalue weighted by atomic mass is 9.72. The minimum atomic E-state index is -0.657. The highest BCUT2D eigenvalue weighted by Crippen LogP contribution is 2.45. The van der Waals surface area contributed by atoms with Gasteiger partial charge in [-0.25, -0.2) is 0 Å². The molecule has 0 aromatic carbocycles. The highest BCUT2D eigenvalue weighted by molar-refractivity contribution is 5.79. The molecule has 1 spiro atoms. The van der Waals surface area contributed by atoms with Crippen LogP contribution in [0.1, 0.15) is 32.6 Å². The molecule has 2 rings (SSSR count).